The van der Waals surface area contributed by atoms with Gasteiger partial charge in [-0.3, -0.25) is 19.3 Å². The summed E-state index contributed by atoms with van der Waals surface area (Å²) >= 11 is 7.36. The summed E-state index contributed by atoms with van der Waals surface area (Å²) in [5, 5.41) is 9.97. The van der Waals surface area contributed by atoms with Crippen LogP contribution in [-0.2, 0) is 9.59 Å². The van der Waals surface area contributed by atoms with Crippen LogP contribution in [0.3, 0.4) is 0 Å². The lowest BCUT2D eigenvalue weighted by Crippen LogP contribution is -2.38. The molecule has 1 atom stereocenters. The van der Waals surface area contributed by atoms with Gasteiger partial charge in [-0.15, -0.1) is 0 Å². The number of nitrogens with zero attached hydrogens (tertiary/aromatic N) is 2. The van der Waals surface area contributed by atoms with Gasteiger partial charge >= 0.3 is 0 Å². The van der Waals surface area contributed by atoms with Crippen LogP contribution in [0.4, 0.5) is 0 Å². The van der Waals surface area contributed by atoms with Crippen molar-refractivity contribution in [1.29, 1.82) is 5.26 Å². The smallest absolute Gasteiger partial charge is 0.240 e. The molecule has 3 rings (SSSR count). The molecule has 0 bridgehead atoms. The van der Waals surface area contributed by atoms with E-state index >= 15 is 0 Å². The third-order valence-corrected chi connectivity index (χ3v) is 5.38. The third-order valence-electron chi connectivity index (χ3n) is 4.20. The lowest BCUT2D eigenvalue weighted by Gasteiger charge is -2.19. The number of fused-ring (bicyclic) bond motifs is 1. The monoisotopic (exact) mass is 405 g/mol. The highest BCUT2D eigenvalue weighted by Gasteiger charge is 2.30. The first-order chi connectivity index (χ1) is 13.0. The summed E-state index contributed by atoms with van der Waals surface area (Å²) in [4.78, 5) is 27.8. The number of amides is 1. The van der Waals surface area contributed by atoms with Crippen molar-refractivity contribution in [2.75, 3.05) is 19.5 Å². The molecule has 27 heavy (non-hydrogen) atoms. The SMILES string of the molecule is COc1cc2c(Cl)c(C#N)cnc2cc1OCCCC1C(=O)CSNC1=O. The number of methoxy groups -OCH3 is 1. The van der Waals surface area contributed by atoms with Crippen LogP contribution in [0.15, 0.2) is 18.3 Å². The summed E-state index contributed by atoms with van der Waals surface area (Å²) in [6.45, 7) is 0.316. The Balaban J connectivity index is 1.70. The molecule has 0 spiro atoms. The fourth-order valence-electron chi connectivity index (χ4n) is 2.78. The van der Waals surface area contributed by atoms with E-state index in [9.17, 15) is 9.59 Å². The number of Topliss-reactive ketones (excluding diaryl/α,β-unsaturated/α-hetero) is 1. The number of benzene rings is 1. The molecular formula is C18H16ClN3O4S. The van der Waals surface area contributed by atoms with Crippen molar-refractivity contribution < 1.29 is 19.1 Å². The van der Waals surface area contributed by atoms with Crippen LogP contribution < -0.4 is 14.2 Å². The highest BCUT2D eigenvalue weighted by atomic mass is 35.5. The lowest BCUT2D eigenvalue weighted by molar-refractivity contribution is -0.132. The zero-order chi connectivity index (χ0) is 19.4. The van der Waals surface area contributed by atoms with Crippen LogP contribution in [0, 0.1) is 17.2 Å². The van der Waals surface area contributed by atoms with Gasteiger partial charge in [-0.25, -0.2) is 0 Å². The quantitative estimate of drug-likeness (QED) is 0.448. The zero-order valence-corrected chi connectivity index (χ0v) is 16.0. The second kappa shape index (κ2) is 8.46. The Bertz CT molecular complexity index is 928. The number of halogens is 1. The molecule has 7 nitrogen and oxygen atoms in total. The van der Waals surface area contributed by atoms with Gasteiger partial charge in [-0.2, -0.15) is 5.26 Å². The van der Waals surface area contributed by atoms with Gasteiger partial charge < -0.3 is 9.47 Å². The summed E-state index contributed by atoms with van der Waals surface area (Å²) in [5.74, 6) is 0.328. The first-order valence-corrected chi connectivity index (χ1v) is 9.55. The second-order valence-corrected chi connectivity index (χ2v) is 7.04. The number of hydrogen-bond donors (Lipinski definition) is 1. The van der Waals surface area contributed by atoms with Gasteiger partial charge in [0.15, 0.2) is 17.3 Å². The largest absolute Gasteiger partial charge is 0.493 e. The average Bonchev–Trinajstić information content (AvgIpc) is 2.67. The Morgan fingerprint density at radius 3 is 2.93 bits per heavy atom. The molecule has 9 heteroatoms. The second-order valence-electron chi connectivity index (χ2n) is 5.88. The number of aromatic nitrogens is 1. The van der Waals surface area contributed by atoms with Gasteiger partial charge in [0.2, 0.25) is 5.91 Å². The van der Waals surface area contributed by atoms with E-state index in [0.29, 0.717) is 52.6 Å². The van der Waals surface area contributed by atoms with Gasteiger partial charge in [0, 0.05) is 17.6 Å². The molecule has 1 aromatic heterocycles. The molecule has 1 N–H and O–H groups in total. The molecule has 1 fully saturated rings. The van der Waals surface area contributed by atoms with Crippen LogP contribution in [0.25, 0.3) is 10.9 Å². The molecule has 140 valence electrons. The highest BCUT2D eigenvalue weighted by molar-refractivity contribution is 7.98. The van der Waals surface area contributed by atoms with E-state index in [0.717, 1.165) is 11.9 Å². The van der Waals surface area contributed by atoms with Gasteiger partial charge in [-0.05, 0) is 30.9 Å². The van der Waals surface area contributed by atoms with Crippen LogP contribution in [-0.4, -0.2) is 36.1 Å². The number of hydrogen-bond acceptors (Lipinski definition) is 7. The average molecular weight is 406 g/mol. The maximum Gasteiger partial charge on any atom is 0.240 e. The minimum absolute atomic E-state index is 0.0563. The standard InChI is InChI=1S/C18H16ClN3O4S/c1-25-15-5-12-13(21-8-10(7-20)17(12)19)6-16(15)26-4-2-3-11-14(23)9-27-22-18(11)24/h5-6,8,11H,2-4,9H2,1H3,(H,22,24). The third kappa shape index (κ3) is 4.10. The van der Waals surface area contributed by atoms with Gasteiger partial charge in [-0.1, -0.05) is 11.6 Å². The van der Waals surface area contributed by atoms with Crippen molar-refractivity contribution in [3.63, 3.8) is 0 Å². The van der Waals surface area contributed by atoms with E-state index in [-0.39, 0.29) is 17.3 Å². The Morgan fingerprint density at radius 1 is 1.41 bits per heavy atom. The Morgan fingerprint density at radius 2 is 2.22 bits per heavy atom. The number of ether oxygens (including phenoxy) is 2. The van der Waals surface area contributed by atoms with Crippen molar-refractivity contribution in [3.05, 3.63) is 28.9 Å². The minimum atomic E-state index is -0.613. The predicted molar refractivity (Wildman–Crippen MR) is 102 cm³/mol. The zero-order valence-electron chi connectivity index (χ0n) is 14.5. The van der Waals surface area contributed by atoms with Crippen molar-refractivity contribution in [1.82, 2.24) is 9.71 Å². The molecule has 2 heterocycles. The maximum absolute atomic E-state index is 11.8. The molecule has 0 aliphatic carbocycles. The van der Waals surface area contributed by atoms with Crippen molar-refractivity contribution >= 4 is 46.1 Å². The lowest BCUT2D eigenvalue weighted by atomic mass is 9.98. The number of nitrogens with one attached hydrogen (secondary N) is 1. The van der Waals surface area contributed by atoms with Crippen molar-refractivity contribution in [2.45, 2.75) is 12.8 Å². The summed E-state index contributed by atoms with van der Waals surface area (Å²) in [7, 11) is 1.51. The summed E-state index contributed by atoms with van der Waals surface area (Å²) in [6, 6.07) is 5.36. The van der Waals surface area contributed by atoms with E-state index in [4.69, 9.17) is 26.3 Å². The first-order valence-electron chi connectivity index (χ1n) is 8.18. The van der Waals surface area contributed by atoms with Crippen molar-refractivity contribution in [3.8, 4) is 17.6 Å². The molecule has 1 unspecified atom stereocenters. The predicted octanol–water partition coefficient (Wildman–Crippen LogP) is 2.89. The van der Waals surface area contributed by atoms with Crippen LogP contribution >= 0.6 is 23.5 Å². The summed E-state index contributed by atoms with van der Waals surface area (Å²) in [6.07, 6.45) is 2.38. The molecule has 1 aliphatic rings. The fraction of sp³-hybridized carbons (Fsp3) is 0.333. The number of carbonyl (C=O) groups is 2. The van der Waals surface area contributed by atoms with Crippen molar-refractivity contribution in [2.24, 2.45) is 5.92 Å². The molecular weight excluding hydrogens is 390 g/mol. The maximum atomic E-state index is 11.8. The number of pyridine rings is 1. The molecule has 1 amide bonds. The van der Waals surface area contributed by atoms with Crippen LogP contribution in [0.1, 0.15) is 18.4 Å². The number of carbonyl (C=O) groups excluding carboxylic acids is 2. The number of nitriles is 1. The van der Waals surface area contributed by atoms with E-state index in [2.05, 4.69) is 9.71 Å². The molecule has 0 saturated carbocycles. The summed E-state index contributed by atoms with van der Waals surface area (Å²) < 4.78 is 13.7. The Hall–Kier alpha value is -2.50. The van der Waals surface area contributed by atoms with Gasteiger partial charge in [0.05, 0.1) is 41.5 Å². The highest BCUT2D eigenvalue weighted by Crippen LogP contribution is 2.35. The van der Waals surface area contributed by atoms with E-state index in [1.165, 1.54) is 13.3 Å². The van der Waals surface area contributed by atoms with Gasteiger partial charge in [0.25, 0.3) is 0 Å². The Labute approximate surface area is 165 Å². The summed E-state index contributed by atoms with van der Waals surface area (Å²) in [5.41, 5.74) is 0.863. The topological polar surface area (TPSA) is 101 Å². The van der Waals surface area contributed by atoms with E-state index < -0.39 is 5.92 Å². The van der Waals surface area contributed by atoms with E-state index in [1.54, 1.807) is 12.1 Å². The normalized spacial score (nSPS) is 16.7. The Kier molecular flexibility index (Phi) is 6.04. The van der Waals surface area contributed by atoms with E-state index in [1.807, 2.05) is 6.07 Å². The molecule has 1 saturated heterocycles. The molecule has 2 aromatic rings. The van der Waals surface area contributed by atoms with Crippen LogP contribution in [0.5, 0.6) is 11.5 Å². The van der Waals surface area contributed by atoms with Gasteiger partial charge in [0.1, 0.15) is 6.07 Å². The molecule has 1 aromatic carbocycles. The molecule has 1 aliphatic heterocycles. The first kappa shape index (κ1) is 19.3. The molecule has 0 radical (unpaired) electrons. The fourth-order valence-corrected chi connectivity index (χ4v) is 3.72. The minimum Gasteiger partial charge on any atom is -0.493 e. The number of rotatable bonds is 6. The number of ketones is 1. The van der Waals surface area contributed by atoms with Crippen LogP contribution in [0.2, 0.25) is 5.02 Å².